The van der Waals surface area contributed by atoms with Crippen LogP contribution in [0.5, 0.6) is 0 Å². The molecule has 1 aliphatic carbocycles. The van der Waals surface area contributed by atoms with Crippen molar-refractivity contribution >= 4 is 40.7 Å². The zero-order valence-corrected chi connectivity index (χ0v) is 19.6. The van der Waals surface area contributed by atoms with Gasteiger partial charge in [-0.15, -0.1) is 23.7 Å². The Hall–Kier alpha value is -2.64. The average Bonchev–Trinajstić information content (AvgIpc) is 3.39. The normalized spacial score (nSPS) is 22.5. The third kappa shape index (κ3) is 4.74. The molecule has 168 valence electrons. The predicted molar refractivity (Wildman–Crippen MR) is 131 cm³/mol. The molecule has 8 heteroatoms. The second-order valence-corrected chi connectivity index (χ2v) is 9.36. The van der Waals surface area contributed by atoms with Crippen molar-refractivity contribution < 1.29 is 9.53 Å². The summed E-state index contributed by atoms with van der Waals surface area (Å²) in [5.41, 5.74) is 3.40. The summed E-state index contributed by atoms with van der Waals surface area (Å²) in [6, 6.07) is 15.8. The van der Waals surface area contributed by atoms with Crippen LogP contribution in [0, 0.1) is 12.8 Å². The van der Waals surface area contributed by atoms with E-state index in [1.54, 1.807) is 16.2 Å². The molecule has 0 unspecified atom stereocenters. The fraction of sp³-hybridized carbons (Fsp3) is 0.375. The first-order chi connectivity index (χ1) is 15.1. The van der Waals surface area contributed by atoms with E-state index in [0.29, 0.717) is 12.5 Å². The second kappa shape index (κ2) is 9.46. The number of para-hydroxylation sites is 1. The van der Waals surface area contributed by atoms with Gasteiger partial charge in [0, 0.05) is 23.3 Å². The summed E-state index contributed by atoms with van der Waals surface area (Å²) >= 11 is 1.62. The number of pyridine rings is 1. The quantitative estimate of drug-likeness (QED) is 0.500. The highest BCUT2D eigenvalue weighted by atomic mass is 35.5. The Morgan fingerprint density at radius 3 is 2.62 bits per heavy atom. The highest BCUT2D eigenvalue weighted by molar-refractivity contribution is 7.14. The Balaban J connectivity index is 0.00000245. The number of thiazole rings is 1. The van der Waals surface area contributed by atoms with Crippen LogP contribution in [0.15, 0.2) is 53.9 Å². The number of carbonyl (C=O) groups is 1. The van der Waals surface area contributed by atoms with Crippen molar-refractivity contribution in [2.24, 2.45) is 5.92 Å². The number of aromatic nitrogens is 2. The summed E-state index contributed by atoms with van der Waals surface area (Å²) in [6.07, 6.45) is 3.68. The maximum Gasteiger partial charge on any atom is 0.415 e. The van der Waals surface area contributed by atoms with E-state index in [0.717, 1.165) is 60.1 Å². The lowest BCUT2D eigenvalue weighted by Gasteiger charge is -2.35. The zero-order chi connectivity index (χ0) is 21.3. The van der Waals surface area contributed by atoms with Crippen LogP contribution in [0.4, 0.5) is 15.6 Å². The molecule has 1 saturated heterocycles. The summed E-state index contributed by atoms with van der Waals surface area (Å²) in [7, 11) is 0. The molecule has 1 aromatic carbocycles. The van der Waals surface area contributed by atoms with Crippen LogP contribution in [-0.4, -0.2) is 34.8 Å². The van der Waals surface area contributed by atoms with Crippen molar-refractivity contribution in [3.05, 3.63) is 59.6 Å². The molecule has 1 aliphatic heterocycles. The number of nitrogens with zero attached hydrogens (tertiary/aromatic N) is 3. The maximum atomic E-state index is 12.5. The lowest BCUT2D eigenvalue weighted by Crippen LogP contribution is -2.39. The van der Waals surface area contributed by atoms with Crippen molar-refractivity contribution in [1.82, 2.24) is 9.97 Å². The Morgan fingerprint density at radius 2 is 1.88 bits per heavy atom. The number of aryl methyl sites for hydroxylation is 1. The van der Waals surface area contributed by atoms with Gasteiger partial charge in [0.15, 0.2) is 5.13 Å². The molecule has 0 radical (unpaired) electrons. The van der Waals surface area contributed by atoms with Crippen LogP contribution in [-0.2, 0) is 4.74 Å². The van der Waals surface area contributed by atoms with Crippen molar-refractivity contribution in [3.63, 3.8) is 0 Å². The lowest BCUT2D eigenvalue weighted by atomic mass is 9.78. The van der Waals surface area contributed by atoms with Gasteiger partial charge in [0.25, 0.3) is 0 Å². The van der Waals surface area contributed by atoms with Crippen LogP contribution >= 0.6 is 23.7 Å². The van der Waals surface area contributed by atoms with Gasteiger partial charge >= 0.3 is 6.09 Å². The van der Waals surface area contributed by atoms with E-state index in [-0.39, 0.29) is 24.1 Å². The molecule has 3 aromatic rings. The standard InChI is InChI=1S/C24H26N4O2S.ClH/c1-17-6-5-9-20(26-17)21-15-31-22(27-21)25-14-18-10-12-24(13-11-18)16-28(23(29)30-24)19-7-3-2-4-8-19;/h2-9,15,18H,10-14,16H2,1H3,(H,25,27);1H. The molecule has 1 N–H and O–H groups in total. The molecule has 1 spiro atoms. The highest BCUT2D eigenvalue weighted by Crippen LogP contribution is 2.41. The summed E-state index contributed by atoms with van der Waals surface area (Å²) in [5.74, 6) is 0.555. The minimum Gasteiger partial charge on any atom is -0.441 e. The van der Waals surface area contributed by atoms with Gasteiger partial charge in [-0.3, -0.25) is 9.88 Å². The summed E-state index contributed by atoms with van der Waals surface area (Å²) < 4.78 is 5.88. The van der Waals surface area contributed by atoms with Crippen molar-refractivity contribution in [1.29, 1.82) is 0 Å². The first kappa shape index (κ1) is 22.6. The minimum atomic E-state index is -0.339. The number of nitrogens with one attached hydrogen (secondary N) is 1. The first-order valence-electron chi connectivity index (χ1n) is 10.8. The van der Waals surface area contributed by atoms with E-state index in [1.165, 1.54) is 0 Å². The number of ether oxygens (including phenoxy) is 1. The molecule has 0 atom stereocenters. The molecule has 6 nitrogen and oxygen atoms in total. The monoisotopic (exact) mass is 470 g/mol. The van der Waals surface area contributed by atoms with Crippen LogP contribution < -0.4 is 10.2 Å². The number of carbonyl (C=O) groups excluding carboxylic acids is 1. The molecule has 5 rings (SSSR count). The Bertz CT molecular complexity index is 1070. The summed E-state index contributed by atoms with van der Waals surface area (Å²) in [5, 5.41) is 6.49. The smallest absolute Gasteiger partial charge is 0.415 e. The Kier molecular flexibility index (Phi) is 6.67. The largest absolute Gasteiger partial charge is 0.441 e. The van der Waals surface area contributed by atoms with Gasteiger partial charge < -0.3 is 10.1 Å². The molecule has 1 amide bonds. The van der Waals surface area contributed by atoms with E-state index >= 15 is 0 Å². The molecule has 2 aliphatic rings. The summed E-state index contributed by atoms with van der Waals surface area (Å²) in [6.45, 7) is 3.53. The number of amides is 1. The highest BCUT2D eigenvalue weighted by Gasteiger charge is 2.47. The number of hydrogen-bond donors (Lipinski definition) is 1. The molecule has 2 fully saturated rings. The van der Waals surface area contributed by atoms with Crippen molar-refractivity contribution in [2.45, 2.75) is 38.2 Å². The van der Waals surface area contributed by atoms with Crippen LogP contribution in [0.2, 0.25) is 0 Å². The molecule has 2 aromatic heterocycles. The lowest BCUT2D eigenvalue weighted by molar-refractivity contribution is 0.0148. The van der Waals surface area contributed by atoms with E-state index in [2.05, 4.69) is 15.7 Å². The molecule has 0 bridgehead atoms. The third-order valence-corrected chi connectivity index (χ3v) is 7.05. The van der Waals surface area contributed by atoms with Crippen LogP contribution in [0.3, 0.4) is 0 Å². The van der Waals surface area contributed by atoms with E-state index < -0.39 is 0 Å². The first-order valence-corrected chi connectivity index (χ1v) is 11.7. The molecule has 3 heterocycles. The van der Waals surface area contributed by atoms with E-state index in [1.807, 2.05) is 55.5 Å². The fourth-order valence-corrected chi connectivity index (χ4v) is 5.20. The van der Waals surface area contributed by atoms with Crippen molar-refractivity contribution in [2.75, 3.05) is 23.3 Å². The van der Waals surface area contributed by atoms with E-state index in [4.69, 9.17) is 9.72 Å². The number of anilines is 2. The van der Waals surface area contributed by atoms with Gasteiger partial charge in [0.05, 0.1) is 12.2 Å². The van der Waals surface area contributed by atoms with E-state index in [9.17, 15) is 4.79 Å². The zero-order valence-electron chi connectivity index (χ0n) is 18.0. The fourth-order valence-electron chi connectivity index (χ4n) is 4.49. The van der Waals surface area contributed by atoms with Gasteiger partial charge in [0.2, 0.25) is 0 Å². The topological polar surface area (TPSA) is 67.4 Å². The number of rotatable bonds is 5. The Morgan fingerprint density at radius 1 is 1.09 bits per heavy atom. The molecular weight excluding hydrogens is 444 g/mol. The number of benzene rings is 1. The Labute approximate surface area is 198 Å². The maximum absolute atomic E-state index is 12.5. The molecular formula is C24H27ClN4O2S. The molecule has 32 heavy (non-hydrogen) atoms. The minimum absolute atomic E-state index is 0. The predicted octanol–water partition coefficient (Wildman–Crippen LogP) is 5.93. The van der Waals surface area contributed by atoms with Gasteiger partial charge in [-0.25, -0.2) is 9.78 Å². The van der Waals surface area contributed by atoms with Gasteiger partial charge in [0.1, 0.15) is 11.3 Å². The molecule has 1 saturated carbocycles. The third-order valence-electron chi connectivity index (χ3n) is 6.25. The van der Waals surface area contributed by atoms with Gasteiger partial charge in [-0.1, -0.05) is 24.3 Å². The SMILES string of the molecule is Cc1cccc(-c2csc(NCC3CCC4(CC3)CN(c3ccccc3)C(=O)O4)n2)n1.Cl. The number of hydrogen-bond acceptors (Lipinski definition) is 6. The van der Waals surface area contributed by atoms with Crippen molar-refractivity contribution in [3.8, 4) is 11.4 Å². The number of halogens is 1. The van der Waals surface area contributed by atoms with Crippen LogP contribution in [0.25, 0.3) is 11.4 Å². The second-order valence-electron chi connectivity index (χ2n) is 8.50. The van der Waals surface area contributed by atoms with Crippen LogP contribution in [0.1, 0.15) is 31.4 Å². The average molecular weight is 471 g/mol. The summed E-state index contributed by atoms with van der Waals surface area (Å²) in [4.78, 5) is 23.5. The van der Waals surface area contributed by atoms with Gasteiger partial charge in [-0.2, -0.15) is 0 Å². The van der Waals surface area contributed by atoms with Gasteiger partial charge in [-0.05, 0) is 62.8 Å².